The SMILES string of the molecule is CCc1cccc(CC)c1NC(=O)C(C)n1cnc2scc(-c3cccc([N+](=O)[O-])c3)c2c1=O. The molecule has 9 heteroatoms. The topological polar surface area (TPSA) is 107 Å². The summed E-state index contributed by atoms with van der Waals surface area (Å²) in [6.07, 6.45) is 2.93. The number of aromatic nitrogens is 2. The largest absolute Gasteiger partial charge is 0.324 e. The lowest BCUT2D eigenvalue weighted by Crippen LogP contribution is -2.32. The molecule has 1 unspecified atom stereocenters. The number of thiophene rings is 1. The van der Waals surface area contributed by atoms with Crippen LogP contribution in [0.2, 0.25) is 0 Å². The summed E-state index contributed by atoms with van der Waals surface area (Å²) >= 11 is 1.28. The first-order chi connectivity index (χ1) is 16.3. The molecule has 2 aromatic carbocycles. The van der Waals surface area contributed by atoms with Gasteiger partial charge in [-0.3, -0.25) is 24.3 Å². The van der Waals surface area contributed by atoms with Gasteiger partial charge in [0.25, 0.3) is 11.2 Å². The summed E-state index contributed by atoms with van der Waals surface area (Å²) in [6.45, 7) is 5.72. The van der Waals surface area contributed by atoms with E-state index in [1.807, 2.05) is 32.0 Å². The van der Waals surface area contributed by atoms with Crippen molar-refractivity contribution in [2.45, 2.75) is 39.7 Å². The third-order valence-corrected chi connectivity index (χ3v) is 6.82. The summed E-state index contributed by atoms with van der Waals surface area (Å²) in [5, 5.41) is 16.3. The van der Waals surface area contributed by atoms with Crippen LogP contribution in [0.1, 0.15) is 37.9 Å². The van der Waals surface area contributed by atoms with Gasteiger partial charge in [-0.2, -0.15) is 0 Å². The van der Waals surface area contributed by atoms with Gasteiger partial charge < -0.3 is 5.32 Å². The molecule has 0 saturated carbocycles. The summed E-state index contributed by atoms with van der Waals surface area (Å²) in [5.74, 6) is -0.314. The number of para-hydroxylation sites is 1. The number of fused-ring (bicyclic) bond motifs is 1. The number of anilines is 1. The fraction of sp³-hybridized carbons (Fsp3) is 0.240. The Labute approximate surface area is 200 Å². The molecule has 0 spiro atoms. The van der Waals surface area contributed by atoms with E-state index in [-0.39, 0.29) is 17.2 Å². The number of amides is 1. The molecular weight excluding hydrogens is 452 g/mol. The van der Waals surface area contributed by atoms with E-state index in [0.29, 0.717) is 21.3 Å². The summed E-state index contributed by atoms with van der Waals surface area (Å²) in [5.41, 5.74) is 3.55. The van der Waals surface area contributed by atoms with E-state index < -0.39 is 11.0 Å². The van der Waals surface area contributed by atoms with Crippen molar-refractivity contribution >= 4 is 38.8 Å². The minimum absolute atomic E-state index is 0.0601. The molecule has 2 aromatic heterocycles. The van der Waals surface area contributed by atoms with Crippen molar-refractivity contribution in [2.75, 3.05) is 5.32 Å². The maximum Gasteiger partial charge on any atom is 0.270 e. The molecule has 8 nitrogen and oxygen atoms in total. The molecule has 174 valence electrons. The lowest BCUT2D eigenvalue weighted by atomic mass is 10.0. The first-order valence-electron chi connectivity index (χ1n) is 11.0. The molecule has 0 aliphatic heterocycles. The molecule has 4 rings (SSSR count). The van der Waals surface area contributed by atoms with Gasteiger partial charge in [-0.1, -0.05) is 44.2 Å². The molecule has 0 aliphatic rings. The van der Waals surface area contributed by atoms with Crippen LogP contribution in [-0.2, 0) is 17.6 Å². The summed E-state index contributed by atoms with van der Waals surface area (Å²) in [4.78, 5) is 42.3. The molecule has 4 aromatic rings. The number of nitro groups is 1. The van der Waals surface area contributed by atoms with Crippen LogP contribution in [0, 0.1) is 10.1 Å². The van der Waals surface area contributed by atoms with Gasteiger partial charge in [-0.05, 0) is 36.5 Å². The number of hydrogen-bond acceptors (Lipinski definition) is 6. The first-order valence-corrected chi connectivity index (χ1v) is 11.9. The van der Waals surface area contributed by atoms with Crippen LogP contribution in [0.25, 0.3) is 21.3 Å². The van der Waals surface area contributed by atoms with Gasteiger partial charge >= 0.3 is 0 Å². The average Bonchev–Trinajstić information content (AvgIpc) is 3.29. The van der Waals surface area contributed by atoms with Gasteiger partial charge in [0.15, 0.2) is 0 Å². The molecule has 0 radical (unpaired) electrons. The molecule has 0 saturated heterocycles. The second-order valence-corrected chi connectivity index (χ2v) is 8.78. The average molecular weight is 477 g/mol. The van der Waals surface area contributed by atoms with Crippen LogP contribution in [0.3, 0.4) is 0 Å². The van der Waals surface area contributed by atoms with Crippen molar-refractivity contribution in [1.29, 1.82) is 0 Å². The highest BCUT2D eigenvalue weighted by atomic mass is 32.1. The summed E-state index contributed by atoms with van der Waals surface area (Å²) in [7, 11) is 0. The number of nitro benzene ring substituents is 1. The second-order valence-electron chi connectivity index (χ2n) is 7.92. The van der Waals surface area contributed by atoms with Crippen molar-refractivity contribution in [3.8, 4) is 11.1 Å². The highest BCUT2D eigenvalue weighted by Crippen LogP contribution is 2.32. The lowest BCUT2D eigenvalue weighted by Gasteiger charge is -2.19. The number of aryl methyl sites for hydroxylation is 2. The summed E-state index contributed by atoms with van der Waals surface area (Å²) < 4.78 is 1.31. The predicted octanol–water partition coefficient (Wildman–Crippen LogP) is 5.36. The first kappa shape index (κ1) is 23.3. The molecule has 2 heterocycles. The second kappa shape index (κ2) is 9.56. The van der Waals surface area contributed by atoms with E-state index in [4.69, 9.17) is 0 Å². The molecule has 0 bridgehead atoms. The molecule has 1 atom stereocenters. The standard InChI is InChI=1S/C25H24N4O4S/c1-4-16-8-6-9-17(5-2)22(16)27-23(30)15(3)28-14-26-24-21(25(28)31)20(13-34-24)18-10-7-11-19(12-18)29(32)33/h6-15H,4-5H2,1-3H3,(H,27,30). The van der Waals surface area contributed by atoms with E-state index in [9.17, 15) is 19.7 Å². The van der Waals surface area contributed by atoms with Crippen molar-refractivity contribution in [3.05, 3.63) is 85.8 Å². The van der Waals surface area contributed by atoms with Crippen LogP contribution >= 0.6 is 11.3 Å². The third kappa shape index (κ3) is 4.22. The van der Waals surface area contributed by atoms with Crippen LogP contribution in [0.5, 0.6) is 0 Å². The fourth-order valence-corrected chi connectivity index (χ4v) is 4.88. The minimum atomic E-state index is -0.808. The predicted molar refractivity (Wildman–Crippen MR) is 135 cm³/mol. The molecule has 0 fully saturated rings. The van der Waals surface area contributed by atoms with Crippen LogP contribution in [-0.4, -0.2) is 20.4 Å². The van der Waals surface area contributed by atoms with E-state index in [0.717, 1.165) is 29.7 Å². The molecule has 1 amide bonds. The Morgan fingerprint density at radius 3 is 2.50 bits per heavy atom. The van der Waals surface area contributed by atoms with Crippen molar-refractivity contribution in [3.63, 3.8) is 0 Å². The molecule has 34 heavy (non-hydrogen) atoms. The van der Waals surface area contributed by atoms with Gasteiger partial charge in [0.2, 0.25) is 5.91 Å². The monoisotopic (exact) mass is 476 g/mol. The zero-order valence-electron chi connectivity index (χ0n) is 19.1. The Morgan fingerprint density at radius 1 is 1.18 bits per heavy atom. The fourth-order valence-electron chi connectivity index (χ4n) is 3.98. The lowest BCUT2D eigenvalue weighted by molar-refractivity contribution is -0.384. The third-order valence-electron chi connectivity index (χ3n) is 5.93. The number of benzene rings is 2. The van der Waals surface area contributed by atoms with Crippen LogP contribution in [0.15, 0.2) is 59.0 Å². The zero-order valence-corrected chi connectivity index (χ0v) is 19.9. The smallest absolute Gasteiger partial charge is 0.270 e. The highest BCUT2D eigenvalue weighted by Gasteiger charge is 2.22. The zero-order chi connectivity index (χ0) is 24.4. The normalized spacial score (nSPS) is 12.0. The number of carbonyl (C=O) groups excluding carboxylic acids is 1. The molecular formula is C25H24N4O4S. The number of nitrogens with one attached hydrogen (secondary N) is 1. The van der Waals surface area contributed by atoms with Gasteiger partial charge in [0.05, 0.1) is 16.6 Å². The Balaban J connectivity index is 1.73. The number of carbonyl (C=O) groups is 1. The minimum Gasteiger partial charge on any atom is -0.324 e. The van der Waals surface area contributed by atoms with Crippen molar-refractivity contribution < 1.29 is 9.72 Å². The molecule has 0 aliphatic carbocycles. The van der Waals surface area contributed by atoms with Crippen molar-refractivity contribution in [1.82, 2.24) is 9.55 Å². The number of non-ortho nitro benzene ring substituents is 1. The number of hydrogen-bond donors (Lipinski definition) is 1. The highest BCUT2D eigenvalue weighted by molar-refractivity contribution is 7.17. The van der Waals surface area contributed by atoms with E-state index >= 15 is 0 Å². The van der Waals surface area contributed by atoms with E-state index in [1.54, 1.807) is 24.4 Å². The maximum absolute atomic E-state index is 13.5. The van der Waals surface area contributed by atoms with Crippen LogP contribution < -0.4 is 10.9 Å². The maximum atomic E-state index is 13.5. The van der Waals surface area contributed by atoms with Gasteiger partial charge in [0.1, 0.15) is 10.9 Å². The summed E-state index contributed by atoms with van der Waals surface area (Å²) in [6, 6.07) is 11.3. The Kier molecular flexibility index (Phi) is 6.56. The Morgan fingerprint density at radius 2 is 1.85 bits per heavy atom. The van der Waals surface area contributed by atoms with E-state index in [1.165, 1.54) is 34.4 Å². The van der Waals surface area contributed by atoms with Gasteiger partial charge in [-0.25, -0.2) is 4.98 Å². The molecule has 1 N–H and O–H groups in total. The van der Waals surface area contributed by atoms with Crippen LogP contribution in [0.4, 0.5) is 11.4 Å². The van der Waals surface area contributed by atoms with E-state index in [2.05, 4.69) is 10.3 Å². The van der Waals surface area contributed by atoms with Crippen molar-refractivity contribution in [2.24, 2.45) is 0 Å². The quantitative estimate of drug-likeness (QED) is 0.285. The Bertz CT molecular complexity index is 1430. The van der Waals surface area contributed by atoms with Gasteiger partial charge in [0, 0.05) is 28.8 Å². The van der Waals surface area contributed by atoms with Gasteiger partial charge in [-0.15, -0.1) is 11.3 Å². The number of rotatable bonds is 7. The Hall–Kier alpha value is -3.85. The number of nitrogens with zero attached hydrogens (tertiary/aromatic N) is 3.